The smallest absolute Gasteiger partial charge is 0.165 e. The molecule has 0 aliphatic heterocycles. The first kappa shape index (κ1) is 11.4. The summed E-state index contributed by atoms with van der Waals surface area (Å²) < 4.78 is 1.83. The molecule has 18 heavy (non-hydrogen) atoms. The molecule has 1 saturated carbocycles. The molecule has 0 aromatic carbocycles. The van der Waals surface area contributed by atoms with Crippen LogP contribution in [0.15, 0.2) is 12.7 Å². The highest BCUT2D eigenvalue weighted by molar-refractivity contribution is 5.81. The van der Waals surface area contributed by atoms with Gasteiger partial charge in [-0.1, -0.05) is 0 Å². The molecular formula is C11H15N5O2. The number of aliphatic hydroxyl groups is 2. The molecule has 3 rings (SSSR count). The lowest BCUT2D eigenvalue weighted by molar-refractivity contribution is 0.132. The first-order chi connectivity index (χ1) is 8.70. The van der Waals surface area contributed by atoms with E-state index in [0.29, 0.717) is 29.8 Å². The second kappa shape index (κ2) is 4.18. The zero-order chi connectivity index (χ0) is 12.7. The van der Waals surface area contributed by atoms with Gasteiger partial charge in [0.15, 0.2) is 11.5 Å². The number of aromatic nitrogens is 4. The summed E-state index contributed by atoms with van der Waals surface area (Å²) in [7, 11) is 0. The van der Waals surface area contributed by atoms with Crippen LogP contribution in [0.2, 0.25) is 0 Å². The van der Waals surface area contributed by atoms with Crippen molar-refractivity contribution in [2.45, 2.75) is 25.0 Å². The van der Waals surface area contributed by atoms with Crippen molar-refractivity contribution in [3.05, 3.63) is 12.7 Å². The maximum Gasteiger partial charge on any atom is 0.165 e. The van der Waals surface area contributed by atoms with Crippen LogP contribution in [0.1, 0.15) is 18.9 Å². The molecule has 0 amide bonds. The van der Waals surface area contributed by atoms with Gasteiger partial charge in [-0.05, 0) is 18.8 Å². The molecular weight excluding hydrogens is 234 g/mol. The fraction of sp³-hybridized carbons (Fsp3) is 0.545. The molecule has 0 spiro atoms. The molecule has 3 atom stereocenters. The zero-order valence-electron chi connectivity index (χ0n) is 9.77. The Morgan fingerprint density at radius 1 is 1.33 bits per heavy atom. The Balaban J connectivity index is 2.02. The number of nitrogens with two attached hydrogens (primary N) is 1. The fourth-order valence-corrected chi connectivity index (χ4v) is 2.65. The molecule has 0 saturated heterocycles. The van der Waals surface area contributed by atoms with E-state index in [2.05, 4.69) is 15.0 Å². The highest BCUT2D eigenvalue weighted by Crippen LogP contribution is 2.36. The van der Waals surface area contributed by atoms with Crippen LogP contribution in [0.4, 0.5) is 5.82 Å². The minimum absolute atomic E-state index is 0.0946. The van der Waals surface area contributed by atoms with Crippen LogP contribution in [0, 0.1) is 5.92 Å². The largest absolute Gasteiger partial charge is 0.396 e. The SMILES string of the molecule is Nc1ncnc2c1ncn2[C@@H]1C[C@H](CO)C[C@H]1O. The van der Waals surface area contributed by atoms with Crippen molar-refractivity contribution in [3.8, 4) is 0 Å². The van der Waals surface area contributed by atoms with Gasteiger partial charge in [0.25, 0.3) is 0 Å². The Kier molecular flexibility index (Phi) is 2.64. The number of nitrogen functional groups attached to an aromatic ring is 1. The average molecular weight is 249 g/mol. The highest BCUT2D eigenvalue weighted by Gasteiger charge is 2.34. The predicted octanol–water partition coefficient (Wildman–Crippen LogP) is -0.287. The number of anilines is 1. The third-order valence-corrected chi connectivity index (χ3v) is 3.60. The molecule has 7 nitrogen and oxygen atoms in total. The summed E-state index contributed by atoms with van der Waals surface area (Å²) >= 11 is 0. The first-order valence-corrected chi connectivity index (χ1v) is 5.92. The molecule has 7 heteroatoms. The van der Waals surface area contributed by atoms with E-state index >= 15 is 0 Å². The molecule has 96 valence electrons. The van der Waals surface area contributed by atoms with Crippen molar-refractivity contribution in [1.29, 1.82) is 0 Å². The fourth-order valence-electron chi connectivity index (χ4n) is 2.65. The van der Waals surface area contributed by atoms with E-state index in [-0.39, 0.29) is 18.6 Å². The van der Waals surface area contributed by atoms with Crippen molar-refractivity contribution in [2.24, 2.45) is 5.92 Å². The Hall–Kier alpha value is -1.73. The van der Waals surface area contributed by atoms with E-state index < -0.39 is 6.10 Å². The van der Waals surface area contributed by atoms with Gasteiger partial charge in [-0.25, -0.2) is 15.0 Å². The van der Waals surface area contributed by atoms with Gasteiger partial charge in [-0.3, -0.25) is 0 Å². The number of nitrogens with zero attached hydrogens (tertiary/aromatic N) is 4. The quantitative estimate of drug-likeness (QED) is 0.674. The summed E-state index contributed by atoms with van der Waals surface area (Å²) in [5, 5.41) is 19.2. The average Bonchev–Trinajstić information content (AvgIpc) is 2.93. The maximum absolute atomic E-state index is 10.1. The lowest BCUT2D eigenvalue weighted by Crippen LogP contribution is -2.17. The summed E-state index contributed by atoms with van der Waals surface area (Å²) in [4.78, 5) is 12.2. The Labute approximate surface area is 103 Å². The molecule has 0 radical (unpaired) electrons. The summed E-state index contributed by atoms with van der Waals surface area (Å²) in [5.41, 5.74) is 6.91. The summed E-state index contributed by atoms with van der Waals surface area (Å²) in [6.07, 6.45) is 3.84. The Morgan fingerprint density at radius 2 is 2.17 bits per heavy atom. The first-order valence-electron chi connectivity index (χ1n) is 5.92. The zero-order valence-corrected chi connectivity index (χ0v) is 9.77. The normalized spacial score (nSPS) is 28.0. The molecule has 1 aliphatic carbocycles. The molecule has 4 N–H and O–H groups in total. The van der Waals surface area contributed by atoms with Gasteiger partial charge >= 0.3 is 0 Å². The second-order valence-corrected chi connectivity index (χ2v) is 4.74. The van der Waals surface area contributed by atoms with Crippen molar-refractivity contribution >= 4 is 17.0 Å². The van der Waals surface area contributed by atoms with Crippen LogP contribution >= 0.6 is 0 Å². The van der Waals surface area contributed by atoms with E-state index in [1.807, 2.05) is 4.57 Å². The Morgan fingerprint density at radius 3 is 2.89 bits per heavy atom. The standard InChI is InChI=1S/C11H15N5O2/c12-10-9-11(14-4-13-10)16(5-15-9)7-1-6(3-17)2-8(7)18/h4-8,17-18H,1-3H2,(H2,12,13,14)/t6-,7+,8+/m0/s1. The van der Waals surface area contributed by atoms with E-state index in [1.54, 1.807) is 6.33 Å². The summed E-state index contributed by atoms with van der Waals surface area (Å²) in [6, 6.07) is -0.110. The van der Waals surface area contributed by atoms with E-state index in [4.69, 9.17) is 5.73 Å². The lowest BCUT2D eigenvalue weighted by atomic mass is 10.1. The second-order valence-electron chi connectivity index (χ2n) is 4.74. The third kappa shape index (κ3) is 1.63. The van der Waals surface area contributed by atoms with Crippen LogP contribution in [-0.4, -0.2) is 42.4 Å². The van der Waals surface area contributed by atoms with Crippen LogP contribution in [0.3, 0.4) is 0 Å². The van der Waals surface area contributed by atoms with Crippen molar-refractivity contribution in [1.82, 2.24) is 19.5 Å². The number of hydrogen-bond acceptors (Lipinski definition) is 6. The van der Waals surface area contributed by atoms with Gasteiger partial charge in [0.2, 0.25) is 0 Å². The molecule has 1 aliphatic rings. The molecule has 1 fully saturated rings. The summed E-state index contributed by atoms with van der Waals surface area (Å²) in [5.74, 6) is 0.464. The van der Waals surface area contributed by atoms with Crippen molar-refractivity contribution in [2.75, 3.05) is 12.3 Å². The minimum atomic E-state index is -0.490. The lowest BCUT2D eigenvalue weighted by Gasteiger charge is -2.16. The topological polar surface area (TPSA) is 110 Å². The van der Waals surface area contributed by atoms with Crippen LogP contribution in [0.25, 0.3) is 11.2 Å². The van der Waals surface area contributed by atoms with E-state index in [1.165, 1.54) is 6.33 Å². The van der Waals surface area contributed by atoms with Crippen molar-refractivity contribution < 1.29 is 10.2 Å². The van der Waals surface area contributed by atoms with Crippen LogP contribution < -0.4 is 5.73 Å². The van der Waals surface area contributed by atoms with Gasteiger partial charge in [0.1, 0.15) is 11.8 Å². The Bertz CT molecular complexity index is 570. The van der Waals surface area contributed by atoms with Crippen LogP contribution in [0.5, 0.6) is 0 Å². The number of imidazole rings is 1. The van der Waals surface area contributed by atoms with E-state index in [0.717, 1.165) is 0 Å². The molecule has 2 aromatic rings. The van der Waals surface area contributed by atoms with Gasteiger partial charge in [0.05, 0.1) is 18.5 Å². The van der Waals surface area contributed by atoms with Gasteiger partial charge < -0.3 is 20.5 Å². The maximum atomic E-state index is 10.1. The molecule has 0 unspecified atom stereocenters. The number of fused-ring (bicyclic) bond motifs is 1. The van der Waals surface area contributed by atoms with E-state index in [9.17, 15) is 10.2 Å². The number of aliphatic hydroxyl groups excluding tert-OH is 2. The highest BCUT2D eigenvalue weighted by atomic mass is 16.3. The molecule has 2 aromatic heterocycles. The van der Waals surface area contributed by atoms with Crippen molar-refractivity contribution in [3.63, 3.8) is 0 Å². The predicted molar refractivity (Wildman–Crippen MR) is 64.6 cm³/mol. The molecule has 0 bridgehead atoms. The van der Waals surface area contributed by atoms with Crippen LogP contribution in [-0.2, 0) is 0 Å². The summed E-state index contributed by atoms with van der Waals surface area (Å²) in [6.45, 7) is 0.0946. The van der Waals surface area contributed by atoms with Gasteiger partial charge in [-0.15, -0.1) is 0 Å². The third-order valence-electron chi connectivity index (χ3n) is 3.60. The van der Waals surface area contributed by atoms with Gasteiger partial charge in [-0.2, -0.15) is 0 Å². The monoisotopic (exact) mass is 249 g/mol. The molecule has 2 heterocycles. The minimum Gasteiger partial charge on any atom is -0.396 e. The number of rotatable bonds is 2. The number of hydrogen-bond donors (Lipinski definition) is 3. The van der Waals surface area contributed by atoms with Gasteiger partial charge in [0, 0.05) is 6.61 Å².